The summed E-state index contributed by atoms with van der Waals surface area (Å²) in [5.74, 6) is 1.03. The van der Waals surface area contributed by atoms with Gasteiger partial charge < -0.3 is 15.6 Å². The van der Waals surface area contributed by atoms with E-state index in [1.807, 2.05) is 12.2 Å². The SMILES string of the molecule is C[C@H](NC(=O)C1=CCC(Nc2nc3[nH]ccc3c(NCC(F)(F)F)[nH+]2)C=C1)C1CCCCC1. The first kappa shape index (κ1) is 23.1. The number of carbonyl (C=O) groups is 1. The number of alkyl halides is 3. The van der Waals surface area contributed by atoms with E-state index in [0.717, 1.165) is 12.8 Å². The number of amides is 1. The molecular weight excluding hydrogens is 433 g/mol. The van der Waals surface area contributed by atoms with E-state index in [4.69, 9.17) is 0 Å². The van der Waals surface area contributed by atoms with Crippen LogP contribution in [0.5, 0.6) is 0 Å². The Morgan fingerprint density at radius 3 is 2.79 bits per heavy atom. The summed E-state index contributed by atoms with van der Waals surface area (Å²) in [7, 11) is 0. The average Bonchev–Trinajstić information content (AvgIpc) is 3.27. The molecule has 2 aliphatic carbocycles. The summed E-state index contributed by atoms with van der Waals surface area (Å²) in [6, 6.07) is 1.66. The summed E-state index contributed by atoms with van der Waals surface area (Å²) in [5, 5.41) is 9.25. The van der Waals surface area contributed by atoms with Gasteiger partial charge in [-0.1, -0.05) is 42.5 Å². The van der Waals surface area contributed by atoms with Crippen molar-refractivity contribution in [3.63, 3.8) is 0 Å². The van der Waals surface area contributed by atoms with E-state index in [-0.39, 0.29) is 23.8 Å². The summed E-state index contributed by atoms with van der Waals surface area (Å²) < 4.78 is 38.0. The van der Waals surface area contributed by atoms with E-state index >= 15 is 0 Å². The summed E-state index contributed by atoms with van der Waals surface area (Å²) in [6.45, 7) is 0.922. The average molecular weight is 464 g/mol. The molecule has 0 aromatic carbocycles. The topological polar surface area (TPSA) is 96.0 Å². The van der Waals surface area contributed by atoms with E-state index in [1.54, 1.807) is 18.3 Å². The standard InChI is InChI=1S/C23H29F3N6O/c1-14(15-5-3-2-4-6-15)29-21(33)16-7-9-17(10-8-16)30-22-31-19-18(11-12-27-19)20(32-22)28-13-23(24,25)26/h7-9,11-12,14-15,17H,2-6,10,13H2,1H3,(H,29,33)(H3,27,28,30,31,32)/p+1/t14-,17?/m0/s1. The number of aromatic nitrogens is 3. The molecule has 7 nitrogen and oxygen atoms in total. The van der Waals surface area contributed by atoms with Crippen molar-refractivity contribution in [1.82, 2.24) is 15.3 Å². The van der Waals surface area contributed by atoms with E-state index in [2.05, 4.69) is 37.8 Å². The number of anilines is 2. The molecule has 2 aromatic heterocycles. The van der Waals surface area contributed by atoms with Crippen LogP contribution in [-0.2, 0) is 4.79 Å². The lowest BCUT2D eigenvalue weighted by molar-refractivity contribution is -0.347. The van der Waals surface area contributed by atoms with Crippen molar-refractivity contribution in [2.24, 2.45) is 5.92 Å². The molecule has 0 saturated heterocycles. The summed E-state index contributed by atoms with van der Waals surface area (Å²) in [4.78, 5) is 22.9. The Labute approximate surface area is 190 Å². The molecule has 1 unspecified atom stereocenters. The first-order valence-corrected chi connectivity index (χ1v) is 11.5. The van der Waals surface area contributed by atoms with Crippen molar-refractivity contribution in [3.8, 4) is 0 Å². The van der Waals surface area contributed by atoms with Gasteiger partial charge in [-0.15, -0.1) is 0 Å². The van der Waals surface area contributed by atoms with Crippen molar-refractivity contribution in [2.45, 2.75) is 63.7 Å². The molecule has 5 N–H and O–H groups in total. The Morgan fingerprint density at radius 1 is 1.30 bits per heavy atom. The maximum Gasteiger partial charge on any atom is 0.415 e. The first-order valence-electron chi connectivity index (χ1n) is 11.5. The largest absolute Gasteiger partial charge is 0.415 e. The summed E-state index contributed by atoms with van der Waals surface area (Å²) in [6.07, 6.45) is 9.43. The van der Waals surface area contributed by atoms with Gasteiger partial charge in [-0.25, -0.2) is 4.98 Å². The van der Waals surface area contributed by atoms with Crippen molar-refractivity contribution in [2.75, 3.05) is 17.2 Å². The second-order valence-electron chi connectivity index (χ2n) is 8.83. The number of halogens is 3. The maximum absolute atomic E-state index is 12.7. The van der Waals surface area contributed by atoms with Crippen LogP contribution in [0.1, 0.15) is 45.4 Å². The van der Waals surface area contributed by atoms with Crippen LogP contribution < -0.4 is 20.9 Å². The van der Waals surface area contributed by atoms with Crippen molar-refractivity contribution in [1.29, 1.82) is 0 Å². The van der Waals surface area contributed by atoms with Gasteiger partial charge in [-0.3, -0.25) is 10.1 Å². The molecular formula is C23H30F3N6O+. The molecule has 33 heavy (non-hydrogen) atoms. The number of rotatable bonds is 7. The predicted molar refractivity (Wildman–Crippen MR) is 121 cm³/mol. The monoisotopic (exact) mass is 463 g/mol. The second kappa shape index (κ2) is 9.84. The Balaban J connectivity index is 1.36. The van der Waals surface area contributed by atoms with Crippen LogP contribution in [0.3, 0.4) is 0 Å². The van der Waals surface area contributed by atoms with E-state index in [9.17, 15) is 18.0 Å². The fourth-order valence-corrected chi connectivity index (χ4v) is 4.49. The van der Waals surface area contributed by atoms with Crippen LogP contribution in [-0.4, -0.2) is 40.7 Å². The van der Waals surface area contributed by atoms with E-state index < -0.39 is 12.7 Å². The predicted octanol–water partition coefficient (Wildman–Crippen LogP) is 4.10. The Kier molecular flexibility index (Phi) is 6.90. The highest BCUT2D eigenvalue weighted by Crippen LogP contribution is 2.27. The van der Waals surface area contributed by atoms with Crippen LogP contribution in [0.15, 0.2) is 36.1 Å². The van der Waals surface area contributed by atoms with E-state index in [1.165, 1.54) is 19.3 Å². The maximum atomic E-state index is 12.7. The molecule has 0 bridgehead atoms. The quantitative estimate of drug-likeness (QED) is 0.497. The Hall–Kier alpha value is -3.04. The van der Waals surface area contributed by atoms with Gasteiger partial charge in [-0.2, -0.15) is 13.2 Å². The zero-order valence-corrected chi connectivity index (χ0v) is 18.6. The number of H-pyrrole nitrogens is 2. The lowest BCUT2D eigenvalue weighted by Gasteiger charge is -2.28. The number of hydrogen-bond donors (Lipinski definition) is 4. The number of hydrogen-bond acceptors (Lipinski definition) is 4. The molecule has 2 aliphatic rings. The number of nitrogens with zero attached hydrogens (tertiary/aromatic N) is 1. The zero-order valence-electron chi connectivity index (χ0n) is 18.6. The van der Waals surface area contributed by atoms with Crippen molar-refractivity contribution < 1.29 is 22.9 Å². The molecule has 0 aliphatic heterocycles. The zero-order chi connectivity index (χ0) is 23.4. The minimum atomic E-state index is -4.34. The van der Waals surface area contributed by atoms with Gasteiger partial charge >= 0.3 is 12.1 Å². The smallest absolute Gasteiger partial charge is 0.349 e. The van der Waals surface area contributed by atoms with Gasteiger partial charge in [0.2, 0.25) is 11.5 Å². The first-order chi connectivity index (χ1) is 15.8. The lowest BCUT2D eigenvalue weighted by Crippen LogP contribution is -2.39. The molecule has 0 radical (unpaired) electrons. The third kappa shape index (κ3) is 6.06. The van der Waals surface area contributed by atoms with Gasteiger partial charge in [-0.05, 0) is 31.7 Å². The van der Waals surface area contributed by atoms with Gasteiger partial charge in [0.05, 0.1) is 11.4 Å². The third-order valence-electron chi connectivity index (χ3n) is 6.33. The molecule has 2 aromatic rings. The van der Waals surface area contributed by atoms with Gasteiger partial charge in [0.15, 0.2) is 0 Å². The molecule has 2 heterocycles. The highest BCUT2D eigenvalue weighted by atomic mass is 19.4. The fraction of sp³-hybridized carbons (Fsp3) is 0.522. The lowest BCUT2D eigenvalue weighted by atomic mass is 9.84. The Bertz CT molecular complexity index is 1040. The minimum absolute atomic E-state index is 0.0705. The fourth-order valence-electron chi connectivity index (χ4n) is 4.49. The summed E-state index contributed by atoms with van der Waals surface area (Å²) in [5.41, 5.74) is 1.09. The molecule has 0 spiro atoms. The van der Waals surface area contributed by atoms with Crippen LogP contribution in [0.25, 0.3) is 11.0 Å². The molecule has 178 valence electrons. The normalized spacial score (nSPS) is 20.4. The van der Waals surface area contributed by atoms with Crippen molar-refractivity contribution in [3.05, 3.63) is 36.1 Å². The van der Waals surface area contributed by atoms with Crippen LogP contribution in [0.4, 0.5) is 24.9 Å². The van der Waals surface area contributed by atoms with Crippen LogP contribution in [0.2, 0.25) is 0 Å². The third-order valence-corrected chi connectivity index (χ3v) is 6.33. The van der Waals surface area contributed by atoms with E-state index in [0.29, 0.717) is 34.9 Å². The van der Waals surface area contributed by atoms with Crippen LogP contribution >= 0.6 is 0 Å². The second-order valence-corrected chi connectivity index (χ2v) is 8.83. The highest BCUT2D eigenvalue weighted by molar-refractivity contribution is 5.96. The summed E-state index contributed by atoms with van der Waals surface area (Å²) >= 11 is 0. The number of nitrogens with one attached hydrogen (secondary N) is 5. The minimum Gasteiger partial charge on any atom is -0.349 e. The molecule has 4 rings (SSSR count). The van der Waals surface area contributed by atoms with Gasteiger partial charge in [0.1, 0.15) is 6.54 Å². The van der Waals surface area contributed by atoms with Gasteiger partial charge in [0.25, 0.3) is 5.91 Å². The van der Waals surface area contributed by atoms with Crippen molar-refractivity contribution >= 4 is 28.7 Å². The number of aromatic amines is 2. The highest BCUT2D eigenvalue weighted by Gasteiger charge is 2.29. The Morgan fingerprint density at radius 2 is 2.09 bits per heavy atom. The molecule has 1 saturated carbocycles. The number of carbonyl (C=O) groups excluding carboxylic acids is 1. The molecule has 2 atom stereocenters. The van der Waals surface area contributed by atoms with Gasteiger partial charge in [0, 0.05) is 24.2 Å². The van der Waals surface area contributed by atoms with Crippen LogP contribution in [0, 0.1) is 5.92 Å². The number of fused-ring (bicyclic) bond motifs is 1. The molecule has 1 fully saturated rings. The molecule has 10 heteroatoms. The molecule has 1 amide bonds.